The van der Waals surface area contributed by atoms with Gasteiger partial charge < -0.3 is 10.2 Å². The molecule has 1 aromatic rings. The Balaban J connectivity index is 1.89. The number of anilines is 1. The summed E-state index contributed by atoms with van der Waals surface area (Å²) in [5.41, 5.74) is 0. The molecule has 0 saturated carbocycles. The Hall–Kier alpha value is -1.17. The van der Waals surface area contributed by atoms with E-state index in [1.807, 2.05) is 11.8 Å². The molecule has 1 aliphatic heterocycles. The molecule has 1 amide bonds. The molecule has 1 atom stereocenters. The Bertz CT molecular complexity index is 379. The summed E-state index contributed by atoms with van der Waals surface area (Å²) in [5.74, 6) is 1.03. The predicted molar refractivity (Wildman–Crippen MR) is 63.6 cm³/mol. The summed E-state index contributed by atoms with van der Waals surface area (Å²) < 4.78 is 4.22. The molecule has 0 unspecified atom stereocenters. The van der Waals surface area contributed by atoms with Gasteiger partial charge in [0.05, 0.1) is 0 Å². The highest BCUT2D eigenvalue weighted by Gasteiger charge is 2.24. The maximum Gasteiger partial charge on any atom is 0.219 e. The van der Waals surface area contributed by atoms with E-state index in [2.05, 4.69) is 14.7 Å². The molecule has 1 aromatic heterocycles. The van der Waals surface area contributed by atoms with E-state index in [0.717, 1.165) is 36.9 Å². The van der Waals surface area contributed by atoms with Gasteiger partial charge in [-0.15, -0.1) is 0 Å². The number of amides is 1. The van der Waals surface area contributed by atoms with Gasteiger partial charge in [0.1, 0.15) is 5.82 Å². The molecule has 0 radical (unpaired) electrons. The molecule has 1 aliphatic rings. The largest absolute Gasteiger partial charge is 0.356 e. The van der Waals surface area contributed by atoms with Crippen LogP contribution in [-0.2, 0) is 11.2 Å². The van der Waals surface area contributed by atoms with Gasteiger partial charge in [-0.2, -0.15) is 4.37 Å². The monoisotopic (exact) mass is 240 g/mol. The third kappa shape index (κ3) is 2.49. The molecule has 1 fully saturated rings. The van der Waals surface area contributed by atoms with Crippen LogP contribution in [0.3, 0.4) is 0 Å². The molecule has 1 saturated heterocycles. The van der Waals surface area contributed by atoms with Crippen molar-refractivity contribution < 1.29 is 4.79 Å². The topological polar surface area (TPSA) is 58.1 Å². The average molecular weight is 240 g/mol. The highest BCUT2D eigenvalue weighted by Crippen LogP contribution is 2.17. The second-order valence-electron chi connectivity index (χ2n) is 3.96. The third-order valence-electron chi connectivity index (χ3n) is 2.75. The maximum absolute atomic E-state index is 11.2. The van der Waals surface area contributed by atoms with Gasteiger partial charge in [-0.05, 0) is 6.42 Å². The van der Waals surface area contributed by atoms with Crippen molar-refractivity contribution in [1.29, 1.82) is 0 Å². The van der Waals surface area contributed by atoms with Crippen molar-refractivity contribution in [2.24, 2.45) is 0 Å². The minimum Gasteiger partial charge on any atom is -0.356 e. The number of aryl methyl sites for hydroxylation is 1. The Morgan fingerprint density at radius 2 is 2.50 bits per heavy atom. The Morgan fingerprint density at radius 1 is 1.69 bits per heavy atom. The van der Waals surface area contributed by atoms with Gasteiger partial charge in [-0.3, -0.25) is 4.79 Å². The number of aromatic nitrogens is 2. The highest BCUT2D eigenvalue weighted by atomic mass is 32.1. The summed E-state index contributed by atoms with van der Waals surface area (Å²) >= 11 is 1.39. The molecule has 2 rings (SSSR count). The molecule has 0 bridgehead atoms. The molecule has 0 spiro atoms. The van der Waals surface area contributed by atoms with Gasteiger partial charge in [-0.1, -0.05) is 6.92 Å². The molecule has 0 aliphatic carbocycles. The van der Waals surface area contributed by atoms with Gasteiger partial charge in [0.15, 0.2) is 0 Å². The Kier molecular flexibility index (Phi) is 3.38. The molecule has 1 N–H and O–H groups in total. The Labute approximate surface area is 99.0 Å². The number of nitrogens with zero attached hydrogens (tertiary/aromatic N) is 3. The lowest BCUT2D eigenvalue weighted by molar-refractivity contribution is -0.127. The fourth-order valence-corrected chi connectivity index (χ4v) is 2.52. The van der Waals surface area contributed by atoms with Crippen molar-refractivity contribution in [1.82, 2.24) is 14.3 Å². The maximum atomic E-state index is 11.2. The minimum absolute atomic E-state index is 0.149. The van der Waals surface area contributed by atoms with E-state index < -0.39 is 0 Å². The second-order valence-corrected chi connectivity index (χ2v) is 4.72. The van der Waals surface area contributed by atoms with Crippen LogP contribution in [-0.4, -0.2) is 39.3 Å². The van der Waals surface area contributed by atoms with E-state index in [-0.39, 0.29) is 5.91 Å². The zero-order valence-electron chi connectivity index (χ0n) is 9.56. The van der Waals surface area contributed by atoms with Crippen LogP contribution in [0, 0.1) is 0 Å². The number of carbonyl (C=O) groups is 1. The first-order chi connectivity index (χ1) is 7.69. The number of rotatable bonds is 3. The predicted octanol–water partition coefficient (Wildman–Crippen LogP) is 1.13. The summed E-state index contributed by atoms with van der Waals surface area (Å²) in [6.07, 6.45) is 1.85. The van der Waals surface area contributed by atoms with Gasteiger partial charge in [-0.25, -0.2) is 4.98 Å². The first-order valence-corrected chi connectivity index (χ1v) is 6.31. The van der Waals surface area contributed by atoms with Gasteiger partial charge >= 0.3 is 0 Å². The molecule has 6 heteroatoms. The van der Waals surface area contributed by atoms with E-state index in [4.69, 9.17) is 0 Å². The zero-order chi connectivity index (χ0) is 11.5. The lowest BCUT2D eigenvalue weighted by atomic mass is 10.3. The van der Waals surface area contributed by atoms with Crippen molar-refractivity contribution in [3.8, 4) is 0 Å². The second kappa shape index (κ2) is 4.78. The van der Waals surface area contributed by atoms with Crippen LogP contribution in [0.25, 0.3) is 0 Å². The van der Waals surface area contributed by atoms with E-state index >= 15 is 0 Å². The highest BCUT2D eigenvalue weighted by molar-refractivity contribution is 7.09. The summed E-state index contributed by atoms with van der Waals surface area (Å²) in [4.78, 5) is 17.4. The van der Waals surface area contributed by atoms with Gasteiger partial charge in [0, 0.05) is 44.0 Å². The van der Waals surface area contributed by atoms with Crippen LogP contribution in [0.4, 0.5) is 5.13 Å². The van der Waals surface area contributed by atoms with E-state index in [9.17, 15) is 4.79 Å². The summed E-state index contributed by atoms with van der Waals surface area (Å²) in [7, 11) is 0. The van der Waals surface area contributed by atoms with Crippen LogP contribution in [0.2, 0.25) is 0 Å². The van der Waals surface area contributed by atoms with Crippen LogP contribution < -0.4 is 5.32 Å². The summed E-state index contributed by atoms with van der Waals surface area (Å²) in [6, 6.07) is 0.321. The molecule has 2 heterocycles. The van der Waals surface area contributed by atoms with Crippen molar-refractivity contribution >= 4 is 22.6 Å². The van der Waals surface area contributed by atoms with Gasteiger partial charge in [0.25, 0.3) is 0 Å². The van der Waals surface area contributed by atoms with Crippen LogP contribution in [0.15, 0.2) is 0 Å². The number of carbonyl (C=O) groups excluding carboxylic acids is 1. The summed E-state index contributed by atoms with van der Waals surface area (Å²) in [6.45, 7) is 5.27. The first-order valence-electron chi connectivity index (χ1n) is 5.53. The number of hydrogen-bond donors (Lipinski definition) is 1. The molecule has 88 valence electrons. The quantitative estimate of drug-likeness (QED) is 0.860. The third-order valence-corrected chi connectivity index (χ3v) is 3.43. The number of hydrogen-bond acceptors (Lipinski definition) is 5. The smallest absolute Gasteiger partial charge is 0.219 e. The van der Waals surface area contributed by atoms with Crippen LogP contribution >= 0.6 is 11.5 Å². The zero-order valence-corrected chi connectivity index (χ0v) is 10.4. The van der Waals surface area contributed by atoms with E-state index in [0.29, 0.717) is 6.04 Å². The average Bonchev–Trinajstić information content (AvgIpc) is 2.87. The molecular weight excluding hydrogens is 224 g/mol. The van der Waals surface area contributed by atoms with E-state index in [1.165, 1.54) is 11.5 Å². The van der Waals surface area contributed by atoms with Crippen molar-refractivity contribution in [2.45, 2.75) is 32.7 Å². The minimum atomic E-state index is 0.149. The van der Waals surface area contributed by atoms with Crippen molar-refractivity contribution in [3.05, 3.63) is 5.82 Å². The standard InChI is InChI=1S/C10H16N4OS/c1-3-9-12-10(16-13-9)11-8-4-5-14(6-8)7(2)15/h8H,3-6H2,1-2H3,(H,11,12,13)/t8-/m0/s1. The van der Waals surface area contributed by atoms with Crippen LogP contribution in [0.1, 0.15) is 26.1 Å². The molecule has 5 nitrogen and oxygen atoms in total. The van der Waals surface area contributed by atoms with E-state index in [1.54, 1.807) is 6.92 Å². The summed E-state index contributed by atoms with van der Waals surface area (Å²) in [5, 5.41) is 4.20. The number of nitrogens with one attached hydrogen (secondary N) is 1. The number of likely N-dealkylation sites (tertiary alicyclic amines) is 1. The van der Waals surface area contributed by atoms with Gasteiger partial charge in [0.2, 0.25) is 11.0 Å². The first kappa shape index (κ1) is 11.3. The van der Waals surface area contributed by atoms with Crippen molar-refractivity contribution in [3.63, 3.8) is 0 Å². The van der Waals surface area contributed by atoms with Crippen molar-refractivity contribution in [2.75, 3.05) is 18.4 Å². The molecule has 0 aromatic carbocycles. The SMILES string of the molecule is CCc1nsc(N[C@H]2CCN(C(C)=O)C2)n1. The fraction of sp³-hybridized carbons (Fsp3) is 0.700. The van der Waals surface area contributed by atoms with Crippen LogP contribution in [0.5, 0.6) is 0 Å². The lowest BCUT2D eigenvalue weighted by Gasteiger charge is -2.14. The fourth-order valence-electron chi connectivity index (χ4n) is 1.79. The Morgan fingerprint density at radius 3 is 3.06 bits per heavy atom. The lowest BCUT2D eigenvalue weighted by Crippen LogP contribution is -2.29. The molecular formula is C10H16N4OS. The normalized spacial score (nSPS) is 20.1. The molecule has 16 heavy (non-hydrogen) atoms.